The van der Waals surface area contributed by atoms with Crippen molar-refractivity contribution in [2.24, 2.45) is 5.73 Å². The lowest BCUT2D eigenvalue weighted by molar-refractivity contribution is 0.0524. The van der Waals surface area contributed by atoms with Gasteiger partial charge in [0.2, 0.25) is 0 Å². The fourth-order valence-electron chi connectivity index (χ4n) is 1.31. The second kappa shape index (κ2) is 5.82. The zero-order valence-corrected chi connectivity index (χ0v) is 11.4. The van der Waals surface area contributed by atoms with Crippen LogP contribution in [0.2, 0.25) is 0 Å². The van der Waals surface area contributed by atoms with E-state index in [1.54, 1.807) is 6.20 Å². The maximum atomic E-state index is 11.4. The Morgan fingerprint density at radius 1 is 1.50 bits per heavy atom. The van der Waals surface area contributed by atoms with Crippen LogP contribution in [-0.2, 0) is 4.74 Å². The van der Waals surface area contributed by atoms with Crippen molar-refractivity contribution in [1.29, 1.82) is 0 Å². The van der Waals surface area contributed by atoms with E-state index in [9.17, 15) is 4.79 Å². The van der Waals surface area contributed by atoms with Crippen molar-refractivity contribution in [2.75, 3.05) is 6.54 Å². The topological polar surface area (TPSA) is 77.2 Å². The molecule has 0 saturated carbocycles. The Morgan fingerprint density at radius 2 is 2.17 bits per heavy atom. The van der Waals surface area contributed by atoms with E-state index in [4.69, 9.17) is 10.5 Å². The van der Waals surface area contributed by atoms with Crippen molar-refractivity contribution in [3.05, 3.63) is 29.6 Å². The number of alkyl carbamates (subject to hydrolysis) is 1. The second-order valence-electron chi connectivity index (χ2n) is 5.25. The van der Waals surface area contributed by atoms with Gasteiger partial charge in [-0.3, -0.25) is 4.98 Å². The van der Waals surface area contributed by atoms with Gasteiger partial charge in [0, 0.05) is 12.7 Å². The van der Waals surface area contributed by atoms with Crippen LogP contribution in [-0.4, -0.2) is 23.2 Å². The number of hydrogen-bond donors (Lipinski definition) is 2. The quantitative estimate of drug-likeness (QED) is 0.860. The van der Waals surface area contributed by atoms with Gasteiger partial charge in [-0.25, -0.2) is 4.79 Å². The molecule has 1 rings (SSSR count). The number of pyridine rings is 1. The number of nitrogens with one attached hydrogen (secondary N) is 1. The van der Waals surface area contributed by atoms with E-state index >= 15 is 0 Å². The number of aromatic nitrogens is 1. The highest BCUT2D eigenvalue weighted by Gasteiger charge is 2.17. The number of aryl methyl sites for hydroxylation is 1. The van der Waals surface area contributed by atoms with Crippen LogP contribution >= 0.6 is 0 Å². The smallest absolute Gasteiger partial charge is 0.407 e. The third-order valence-electron chi connectivity index (χ3n) is 2.18. The first-order chi connectivity index (χ1) is 8.28. The zero-order chi connectivity index (χ0) is 13.8. The van der Waals surface area contributed by atoms with Crippen molar-refractivity contribution in [3.63, 3.8) is 0 Å². The molecule has 1 unspecified atom stereocenters. The van der Waals surface area contributed by atoms with Gasteiger partial charge in [-0.2, -0.15) is 0 Å². The molecule has 0 aliphatic heterocycles. The summed E-state index contributed by atoms with van der Waals surface area (Å²) in [5, 5.41) is 2.63. The van der Waals surface area contributed by atoms with Crippen LogP contribution in [0.25, 0.3) is 0 Å². The minimum Gasteiger partial charge on any atom is -0.444 e. The number of carbonyl (C=O) groups is 1. The van der Waals surface area contributed by atoms with E-state index in [1.807, 2.05) is 39.8 Å². The highest BCUT2D eigenvalue weighted by atomic mass is 16.6. The maximum absolute atomic E-state index is 11.4. The fourth-order valence-corrected chi connectivity index (χ4v) is 1.31. The van der Waals surface area contributed by atoms with Crippen LogP contribution in [0.1, 0.15) is 38.1 Å². The first-order valence-corrected chi connectivity index (χ1v) is 5.93. The summed E-state index contributed by atoms with van der Waals surface area (Å²) in [6.45, 7) is 7.70. The molecule has 1 amide bonds. The van der Waals surface area contributed by atoms with Crippen molar-refractivity contribution >= 4 is 6.09 Å². The van der Waals surface area contributed by atoms with E-state index in [2.05, 4.69) is 10.3 Å². The number of ether oxygens (including phenoxy) is 1. The fraction of sp³-hybridized carbons (Fsp3) is 0.538. The molecule has 0 aromatic carbocycles. The summed E-state index contributed by atoms with van der Waals surface area (Å²) < 4.78 is 5.12. The van der Waals surface area contributed by atoms with Crippen LogP contribution in [0.3, 0.4) is 0 Å². The van der Waals surface area contributed by atoms with E-state index in [1.165, 1.54) is 0 Å². The van der Waals surface area contributed by atoms with Gasteiger partial charge >= 0.3 is 6.09 Å². The van der Waals surface area contributed by atoms with E-state index < -0.39 is 11.7 Å². The monoisotopic (exact) mass is 251 g/mol. The van der Waals surface area contributed by atoms with Gasteiger partial charge < -0.3 is 15.8 Å². The minimum absolute atomic E-state index is 0.297. The van der Waals surface area contributed by atoms with Crippen LogP contribution in [0.15, 0.2) is 18.3 Å². The normalized spacial score (nSPS) is 12.9. The molecule has 100 valence electrons. The molecule has 1 atom stereocenters. The predicted molar refractivity (Wildman–Crippen MR) is 70.1 cm³/mol. The number of rotatable bonds is 3. The molecular formula is C13H21N3O2. The molecule has 0 fully saturated rings. The van der Waals surface area contributed by atoms with Crippen molar-refractivity contribution in [3.8, 4) is 0 Å². The molecule has 1 heterocycles. The molecular weight excluding hydrogens is 230 g/mol. The Morgan fingerprint density at radius 3 is 2.67 bits per heavy atom. The van der Waals surface area contributed by atoms with E-state index in [0.717, 1.165) is 11.3 Å². The van der Waals surface area contributed by atoms with Crippen LogP contribution in [0.4, 0.5) is 4.79 Å². The lowest BCUT2D eigenvalue weighted by Gasteiger charge is -2.20. The zero-order valence-electron chi connectivity index (χ0n) is 11.4. The average Bonchev–Trinajstić information content (AvgIpc) is 2.24. The summed E-state index contributed by atoms with van der Waals surface area (Å²) in [5.74, 6) is 0. The number of carbonyl (C=O) groups excluding carboxylic acids is 1. The lowest BCUT2D eigenvalue weighted by Crippen LogP contribution is -2.36. The van der Waals surface area contributed by atoms with E-state index in [-0.39, 0.29) is 6.04 Å². The van der Waals surface area contributed by atoms with Gasteiger partial charge in [0.05, 0.1) is 11.7 Å². The Bertz CT molecular complexity index is 396. The molecule has 1 aromatic rings. The molecule has 0 aliphatic rings. The summed E-state index contributed by atoms with van der Waals surface area (Å²) in [5.41, 5.74) is 7.24. The Labute approximate surface area is 108 Å². The van der Waals surface area contributed by atoms with Gasteiger partial charge in [-0.15, -0.1) is 0 Å². The van der Waals surface area contributed by atoms with Crippen LogP contribution < -0.4 is 11.1 Å². The van der Waals surface area contributed by atoms with Gasteiger partial charge in [0.15, 0.2) is 0 Å². The molecule has 18 heavy (non-hydrogen) atoms. The highest BCUT2D eigenvalue weighted by molar-refractivity contribution is 5.67. The van der Waals surface area contributed by atoms with E-state index in [0.29, 0.717) is 6.54 Å². The number of nitrogens with zero attached hydrogens (tertiary/aromatic N) is 1. The standard InChI is InChI=1S/C13H21N3O2/c1-9-5-6-11(15-7-9)10(14)8-16-12(17)18-13(2,3)4/h5-7,10H,8,14H2,1-4H3,(H,16,17). The second-order valence-corrected chi connectivity index (χ2v) is 5.25. The molecule has 0 aliphatic carbocycles. The summed E-state index contributed by atoms with van der Waals surface area (Å²) in [6.07, 6.45) is 1.29. The third-order valence-corrected chi connectivity index (χ3v) is 2.18. The van der Waals surface area contributed by atoms with Crippen molar-refractivity contribution in [1.82, 2.24) is 10.3 Å². The molecule has 5 nitrogen and oxygen atoms in total. The van der Waals surface area contributed by atoms with Crippen LogP contribution in [0.5, 0.6) is 0 Å². The van der Waals surface area contributed by atoms with Crippen molar-refractivity contribution < 1.29 is 9.53 Å². The Balaban J connectivity index is 2.44. The molecule has 0 radical (unpaired) electrons. The average molecular weight is 251 g/mol. The highest BCUT2D eigenvalue weighted by Crippen LogP contribution is 2.08. The summed E-state index contributed by atoms with van der Waals surface area (Å²) in [7, 11) is 0. The Hall–Kier alpha value is -1.62. The number of nitrogens with two attached hydrogens (primary N) is 1. The molecule has 0 saturated heterocycles. The molecule has 0 spiro atoms. The van der Waals surface area contributed by atoms with Gasteiger partial charge in [-0.05, 0) is 39.3 Å². The third kappa shape index (κ3) is 5.14. The van der Waals surface area contributed by atoms with Gasteiger partial charge in [-0.1, -0.05) is 6.07 Å². The number of hydrogen-bond acceptors (Lipinski definition) is 4. The minimum atomic E-state index is -0.504. The summed E-state index contributed by atoms with van der Waals surface area (Å²) >= 11 is 0. The predicted octanol–water partition coefficient (Wildman–Crippen LogP) is 1.91. The SMILES string of the molecule is Cc1ccc(C(N)CNC(=O)OC(C)(C)C)nc1. The maximum Gasteiger partial charge on any atom is 0.407 e. The van der Waals surface area contributed by atoms with Crippen LogP contribution in [0, 0.1) is 6.92 Å². The summed E-state index contributed by atoms with van der Waals surface area (Å²) in [6, 6.07) is 3.46. The van der Waals surface area contributed by atoms with Gasteiger partial charge in [0.25, 0.3) is 0 Å². The molecule has 0 bridgehead atoms. The number of amides is 1. The molecule has 1 aromatic heterocycles. The Kier molecular flexibility index (Phi) is 4.67. The van der Waals surface area contributed by atoms with Gasteiger partial charge in [0.1, 0.15) is 5.60 Å². The first kappa shape index (κ1) is 14.4. The molecule has 5 heteroatoms. The summed E-state index contributed by atoms with van der Waals surface area (Å²) in [4.78, 5) is 15.7. The van der Waals surface area contributed by atoms with Crippen molar-refractivity contribution in [2.45, 2.75) is 39.3 Å². The lowest BCUT2D eigenvalue weighted by atomic mass is 10.2. The molecule has 3 N–H and O–H groups in total. The largest absolute Gasteiger partial charge is 0.444 e. The first-order valence-electron chi connectivity index (χ1n) is 5.93.